The Balaban J connectivity index is 1.83. The number of hydrazone groups is 1. The molecule has 1 aromatic carbocycles. The minimum absolute atomic E-state index is 0.0639. The second-order valence-electron chi connectivity index (χ2n) is 6.25. The van der Waals surface area contributed by atoms with Gasteiger partial charge in [-0.25, -0.2) is 9.40 Å². The van der Waals surface area contributed by atoms with Crippen molar-refractivity contribution in [1.29, 1.82) is 0 Å². The number of hydrogen-bond donors (Lipinski definition) is 1. The van der Waals surface area contributed by atoms with Crippen LogP contribution < -0.4 is 5.32 Å². The standard InChI is InChI=1S/C17H14ClF4N4OSi/c1-8(10-3-2-4-12(14(10)19)17(20,21)22)24-16(27)11-5-13(18)25-26-9(7-28)6-23-15(11)26/h2-5,8-9H,6-7H2,1H3,(H,24,27)/t8-,9-/m1/s1. The molecule has 2 heterocycles. The van der Waals surface area contributed by atoms with E-state index < -0.39 is 29.5 Å². The molecule has 2 atom stereocenters. The van der Waals surface area contributed by atoms with Crippen LogP contribution in [0.2, 0.25) is 6.04 Å². The maximum atomic E-state index is 14.3. The van der Waals surface area contributed by atoms with E-state index in [1.807, 2.05) is 0 Å². The fourth-order valence-electron chi connectivity index (χ4n) is 2.94. The molecule has 0 bridgehead atoms. The predicted molar refractivity (Wildman–Crippen MR) is 97.8 cm³/mol. The molecule has 3 rings (SSSR count). The van der Waals surface area contributed by atoms with Crippen LogP contribution in [0.1, 0.15) is 24.1 Å². The number of hydrogen-bond acceptors (Lipinski definition) is 4. The molecule has 1 aromatic rings. The van der Waals surface area contributed by atoms with E-state index >= 15 is 0 Å². The molecular formula is C17H14ClF4N4OSi. The van der Waals surface area contributed by atoms with Gasteiger partial charge in [-0.1, -0.05) is 23.7 Å². The molecule has 5 nitrogen and oxygen atoms in total. The summed E-state index contributed by atoms with van der Waals surface area (Å²) in [5.74, 6) is -1.75. The normalized spacial score (nSPS) is 20.2. The second kappa shape index (κ2) is 7.67. The number of rotatable bonds is 4. The number of benzene rings is 1. The number of amides is 1. The molecule has 2 aliphatic rings. The number of carbonyl (C=O) groups excluding carboxylic acids is 1. The van der Waals surface area contributed by atoms with Gasteiger partial charge in [0.25, 0.3) is 5.91 Å². The molecule has 1 amide bonds. The molecular weight excluding hydrogens is 416 g/mol. The van der Waals surface area contributed by atoms with Gasteiger partial charge in [-0.2, -0.15) is 18.3 Å². The highest BCUT2D eigenvalue weighted by Gasteiger charge is 2.37. The summed E-state index contributed by atoms with van der Waals surface area (Å²) in [7, 11) is 3.39. The second-order valence-corrected chi connectivity index (χ2v) is 7.04. The molecule has 0 unspecified atom stereocenters. The number of halogens is 5. The fraction of sp³-hybridized carbons (Fsp3) is 0.353. The quantitative estimate of drug-likeness (QED) is 0.590. The molecule has 0 saturated carbocycles. The van der Waals surface area contributed by atoms with E-state index in [9.17, 15) is 22.4 Å². The Morgan fingerprint density at radius 1 is 1.46 bits per heavy atom. The maximum Gasteiger partial charge on any atom is 0.419 e. The van der Waals surface area contributed by atoms with Crippen molar-refractivity contribution in [3.05, 3.63) is 46.8 Å². The van der Waals surface area contributed by atoms with Gasteiger partial charge in [-0.05, 0) is 25.1 Å². The van der Waals surface area contributed by atoms with Gasteiger partial charge in [-0.3, -0.25) is 9.79 Å². The molecule has 147 valence electrons. The van der Waals surface area contributed by atoms with E-state index in [4.69, 9.17) is 11.6 Å². The average Bonchev–Trinajstić information content (AvgIpc) is 3.02. The Morgan fingerprint density at radius 2 is 2.18 bits per heavy atom. The van der Waals surface area contributed by atoms with Gasteiger partial charge in [0, 0.05) is 15.8 Å². The van der Waals surface area contributed by atoms with E-state index in [-0.39, 0.29) is 22.3 Å². The first kappa shape index (κ1) is 20.5. The van der Waals surface area contributed by atoms with Gasteiger partial charge in [0.05, 0.1) is 29.8 Å². The van der Waals surface area contributed by atoms with Crippen molar-refractivity contribution in [3.8, 4) is 0 Å². The first-order valence-corrected chi connectivity index (χ1v) is 9.33. The number of alkyl halides is 3. The van der Waals surface area contributed by atoms with Gasteiger partial charge < -0.3 is 5.32 Å². The van der Waals surface area contributed by atoms with E-state index in [0.717, 1.165) is 6.07 Å². The van der Waals surface area contributed by atoms with E-state index in [1.165, 1.54) is 24.1 Å². The third-order valence-corrected chi connectivity index (χ3v) is 5.01. The Hall–Kier alpha value is -2.20. The van der Waals surface area contributed by atoms with Crippen LogP contribution >= 0.6 is 11.6 Å². The van der Waals surface area contributed by atoms with E-state index in [2.05, 4.69) is 25.7 Å². The van der Waals surface area contributed by atoms with Crippen molar-refractivity contribution in [2.75, 3.05) is 6.54 Å². The monoisotopic (exact) mass is 429 g/mol. The first-order chi connectivity index (χ1) is 13.1. The molecule has 1 N–H and O–H groups in total. The molecule has 28 heavy (non-hydrogen) atoms. The highest BCUT2D eigenvalue weighted by molar-refractivity contribution is 6.69. The van der Waals surface area contributed by atoms with Crippen LogP contribution in [-0.4, -0.2) is 44.8 Å². The number of aliphatic imine (C=N–C) groups is 1. The molecule has 2 aliphatic heterocycles. The van der Waals surface area contributed by atoms with E-state index in [1.54, 1.807) is 0 Å². The summed E-state index contributed by atoms with van der Waals surface area (Å²) in [6.07, 6.45) is -3.51. The zero-order chi connectivity index (χ0) is 20.6. The van der Waals surface area contributed by atoms with Crippen LogP contribution in [0.15, 0.2) is 39.9 Å². The molecule has 0 spiro atoms. The summed E-state index contributed by atoms with van der Waals surface area (Å²) in [6.45, 7) is 1.79. The summed E-state index contributed by atoms with van der Waals surface area (Å²) in [5.41, 5.74) is -1.55. The van der Waals surface area contributed by atoms with E-state index in [0.29, 0.717) is 24.5 Å². The lowest BCUT2D eigenvalue weighted by molar-refractivity contribution is -0.140. The lowest BCUT2D eigenvalue weighted by Crippen LogP contribution is -2.40. The summed E-state index contributed by atoms with van der Waals surface area (Å²) < 4.78 is 53.1. The fourth-order valence-corrected chi connectivity index (χ4v) is 3.43. The number of nitrogens with one attached hydrogen (secondary N) is 1. The number of nitrogens with zero attached hydrogens (tertiary/aromatic N) is 3. The summed E-state index contributed by atoms with van der Waals surface area (Å²) in [4.78, 5) is 17.0. The summed E-state index contributed by atoms with van der Waals surface area (Å²) >= 11 is 5.99. The van der Waals surface area contributed by atoms with Crippen molar-refractivity contribution in [3.63, 3.8) is 0 Å². The molecule has 0 aliphatic carbocycles. The topological polar surface area (TPSA) is 57.1 Å². The van der Waals surface area contributed by atoms with Crippen LogP contribution in [0.4, 0.5) is 17.6 Å². The van der Waals surface area contributed by atoms with Crippen molar-refractivity contribution in [2.45, 2.75) is 31.2 Å². The average molecular weight is 430 g/mol. The first-order valence-electron chi connectivity index (χ1n) is 8.24. The number of fused-ring (bicyclic) bond motifs is 1. The highest BCUT2D eigenvalue weighted by atomic mass is 35.5. The SMILES string of the molecule is C[C@@H](NC(=O)C1=CC(Cl)=NN2C1=NC[C@@H]2C[Si])c1cccc(C(F)(F)F)c1F. The molecule has 11 heteroatoms. The largest absolute Gasteiger partial charge is 0.419 e. The van der Waals surface area contributed by atoms with Crippen molar-refractivity contribution in [1.82, 2.24) is 10.3 Å². The van der Waals surface area contributed by atoms with Crippen LogP contribution in [0.5, 0.6) is 0 Å². The van der Waals surface area contributed by atoms with Gasteiger partial charge in [-0.15, -0.1) is 0 Å². The Bertz CT molecular complexity index is 900. The van der Waals surface area contributed by atoms with Gasteiger partial charge >= 0.3 is 6.18 Å². The number of amidine groups is 1. The molecule has 0 saturated heterocycles. The summed E-state index contributed by atoms with van der Waals surface area (Å²) in [6, 6.07) is 2.35. The minimum Gasteiger partial charge on any atom is -0.345 e. The lowest BCUT2D eigenvalue weighted by Gasteiger charge is -2.26. The van der Waals surface area contributed by atoms with Gasteiger partial charge in [0.15, 0.2) is 11.0 Å². The number of carbonyl (C=O) groups is 1. The zero-order valence-electron chi connectivity index (χ0n) is 14.5. The van der Waals surface area contributed by atoms with Crippen molar-refractivity contribution >= 4 is 38.8 Å². The van der Waals surface area contributed by atoms with Crippen LogP contribution in [-0.2, 0) is 11.0 Å². The smallest absolute Gasteiger partial charge is 0.345 e. The van der Waals surface area contributed by atoms with Gasteiger partial charge in [0.1, 0.15) is 5.82 Å². The zero-order valence-corrected chi connectivity index (χ0v) is 16.3. The number of allylic oxidation sites excluding steroid dienone is 1. The molecule has 0 fully saturated rings. The third-order valence-electron chi connectivity index (χ3n) is 4.35. The molecule has 3 radical (unpaired) electrons. The predicted octanol–water partition coefficient (Wildman–Crippen LogP) is 3.18. The van der Waals surface area contributed by atoms with Crippen LogP contribution in [0, 0.1) is 5.82 Å². The Morgan fingerprint density at radius 3 is 2.82 bits per heavy atom. The van der Waals surface area contributed by atoms with Crippen LogP contribution in [0.3, 0.4) is 0 Å². The van der Waals surface area contributed by atoms with Crippen molar-refractivity contribution in [2.24, 2.45) is 10.1 Å². The van der Waals surface area contributed by atoms with Crippen LogP contribution in [0.25, 0.3) is 0 Å². The lowest BCUT2D eigenvalue weighted by atomic mass is 10.0. The van der Waals surface area contributed by atoms with Crippen molar-refractivity contribution < 1.29 is 22.4 Å². The Labute approximate surface area is 166 Å². The highest BCUT2D eigenvalue weighted by Crippen LogP contribution is 2.34. The molecule has 0 aromatic heterocycles. The third kappa shape index (κ3) is 3.83. The summed E-state index contributed by atoms with van der Waals surface area (Å²) in [5, 5.41) is 8.21. The minimum atomic E-state index is -4.83. The Kier molecular flexibility index (Phi) is 5.62. The maximum absolute atomic E-state index is 14.3. The van der Waals surface area contributed by atoms with Gasteiger partial charge in [0.2, 0.25) is 0 Å².